The quantitative estimate of drug-likeness (QED) is 0.635. The number of nitrogens with two attached hydrogens (primary N) is 1. The predicted molar refractivity (Wildman–Crippen MR) is 143 cm³/mol. The summed E-state index contributed by atoms with van der Waals surface area (Å²) in [6.07, 6.45) is 6.73. The Morgan fingerprint density at radius 3 is 2.42 bits per heavy atom. The molecule has 0 spiro atoms. The number of morpholine rings is 1. The van der Waals surface area contributed by atoms with Crippen molar-refractivity contribution in [2.75, 3.05) is 75.1 Å². The summed E-state index contributed by atoms with van der Waals surface area (Å²) in [5.41, 5.74) is 10.5. The lowest BCUT2D eigenvalue weighted by molar-refractivity contribution is 0.0341. The zero-order chi connectivity index (χ0) is 25.2. The van der Waals surface area contributed by atoms with E-state index in [1.165, 1.54) is 0 Å². The van der Waals surface area contributed by atoms with E-state index in [1.54, 1.807) is 12.1 Å². The number of hydrogen-bond donors (Lipinski definition) is 1. The van der Waals surface area contributed by atoms with E-state index in [-0.39, 0.29) is 5.82 Å². The molecule has 3 aliphatic heterocycles. The maximum Gasteiger partial charge on any atom is 0.225 e. The fourth-order valence-electron chi connectivity index (χ4n) is 5.42. The number of halogens is 1. The highest BCUT2D eigenvalue weighted by atomic mass is 19.1. The first-order valence-electron chi connectivity index (χ1n) is 13.0. The van der Waals surface area contributed by atoms with Crippen LogP contribution in [0, 0.1) is 5.82 Å². The molecule has 0 unspecified atom stereocenters. The van der Waals surface area contributed by atoms with Crippen LogP contribution in [0.1, 0.15) is 31.4 Å². The van der Waals surface area contributed by atoms with Crippen LogP contribution in [0.3, 0.4) is 0 Å². The van der Waals surface area contributed by atoms with E-state index >= 15 is 4.39 Å². The number of nitrogens with zero attached hydrogens (tertiary/aromatic N) is 6. The number of piperazine rings is 1. The number of rotatable bonds is 5. The summed E-state index contributed by atoms with van der Waals surface area (Å²) < 4.78 is 20.9. The smallest absolute Gasteiger partial charge is 0.225 e. The molecular weight excluding hydrogens is 457 g/mol. The van der Waals surface area contributed by atoms with Gasteiger partial charge in [0.1, 0.15) is 5.82 Å². The molecule has 1 aromatic carbocycles. The van der Waals surface area contributed by atoms with Gasteiger partial charge in [-0.15, -0.1) is 0 Å². The van der Waals surface area contributed by atoms with E-state index in [0.29, 0.717) is 35.8 Å². The molecule has 2 N–H and O–H groups in total. The maximum absolute atomic E-state index is 15.4. The Balaban J connectivity index is 1.28. The molecule has 2 saturated heterocycles. The molecule has 2 fully saturated rings. The van der Waals surface area contributed by atoms with Crippen LogP contribution in [-0.4, -0.2) is 91.4 Å². The third kappa shape index (κ3) is 5.33. The summed E-state index contributed by atoms with van der Waals surface area (Å²) in [6.45, 7) is 11.7. The molecule has 9 heteroatoms. The van der Waals surface area contributed by atoms with Crippen molar-refractivity contribution >= 4 is 22.9 Å². The van der Waals surface area contributed by atoms with Gasteiger partial charge in [0.15, 0.2) is 0 Å². The number of anilines is 3. The number of likely N-dealkylation sites (N-methyl/N-ethyl adjacent to an activating group) is 1. The van der Waals surface area contributed by atoms with Crippen molar-refractivity contribution in [3.05, 3.63) is 47.5 Å². The molecule has 0 saturated carbocycles. The average molecular weight is 496 g/mol. The Morgan fingerprint density at radius 1 is 1.03 bits per heavy atom. The van der Waals surface area contributed by atoms with E-state index < -0.39 is 0 Å². The Bertz CT molecular complexity index is 1070. The van der Waals surface area contributed by atoms with Gasteiger partial charge in [0.05, 0.1) is 24.6 Å². The first-order valence-corrected chi connectivity index (χ1v) is 13.0. The summed E-state index contributed by atoms with van der Waals surface area (Å²) in [5.74, 6) is 0.449. The first-order chi connectivity index (χ1) is 17.4. The summed E-state index contributed by atoms with van der Waals surface area (Å²) in [4.78, 5) is 18.3. The number of hydrogen-bond acceptors (Lipinski definition) is 8. The minimum atomic E-state index is -0.228. The van der Waals surface area contributed by atoms with Crippen molar-refractivity contribution in [3.63, 3.8) is 0 Å². The summed E-state index contributed by atoms with van der Waals surface area (Å²) in [6, 6.07) is 4.18. The fourth-order valence-corrected chi connectivity index (χ4v) is 5.42. The Morgan fingerprint density at radius 2 is 1.72 bits per heavy atom. The van der Waals surface area contributed by atoms with Gasteiger partial charge in [-0.05, 0) is 45.0 Å². The lowest BCUT2D eigenvalue weighted by Gasteiger charge is -2.44. The summed E-state index contributed by atoms with van der Waals surface area (Å²) in [7, 11) is 2.14. The molecule has 1 aromatic heterocycles. The molecule has 0 amide bonds. The van der Waals surface area contributed by atoms with Crippen molar-refractivity contribution in [3.8, 4) is 0 Å². The van der Waals surface area contributed by atoms with Crippen LogP contribution in [0.5, 0.6) is 0 Å². The van der Waals surface area contributed by atoms with Crippen LogP contribution in [0.15, 0.2) is 30.6 Å². The third-order valence-electron chi connectivity index (χ3n) is 7.80. The van der Waals surface area contributed by atoms with E-state index in [2.05, 4.69) is 56.5 Å². The van der Waals surface area contributed by atoms with Crippen molar-refractivity contribution in [2.24, 2.45) is 0 Å². The highest BCUT2D eigenvalue weighted by Crippen LogP contribution is 2.34. The molecule has 0 aliphatic carbocycles. The minimum absolute atomic E-state index is 0.228. The zero-order valence-corrected chi connectivity index (χ0v) is 21.7. The molecule has 3 aliphatic rings. The molecule has 5 rings (SSSR count). The van der Waals surface area contributed by atoms with Crippen LogP contribution in [0.25, 0.3) is 5.57 Å². The van der Waals surface area contributed by atoms with E-state index in [4.69, 9.17) is 10.5 Å². The highest BCUT2D eigenvalue weighted by Gasteiger charge is 2.29. The lowest BCUT2D eigenvalue weighted by Crippen LogP contribution is -2.55. The van der Waals surface area contributed by atoms with Gasteiger partial charge >= 0.3 is 0 Å². The van der Waals surface area contributed by atoms with Crippen LogP contribution < -0.4 is 15.5 Å². The van der Waals surface area contributed by atoms with E-state index in [9.17, 15) is 0 Å². The van der Waals surface area contributed by atoms with Crippen molar-refractivity contribution in [1.82, 2.24) is 19.8 Å². The van der Waals surface area contributed by atoms with Gasteiger partial charge in [0.2, 0.25) is 5.95 Å². The molecular formula is C27H38FN7O. The highest BCUT2D eigenvalue weighted by molar-refractivity contribution is 5.78. The van der Waals surface area contributed by atoms with Crippen molar-refractivity contribution in [2.45, 2.75) is 38.9 Å². The second-order valence-corrected chi connectivity index (χ2v) is 10.4. The predicted octanol–water partition coefficient (Wildman–Crippen LogP) is 2.85. The van der Waals surface area contributed by atoms with Crippen LogP contribution in [0.2, 0.25) is 0 Å². The standard InChI is InChI=1S/C27H38FN7O/c1-19-15-35(16-20(2)32(19)3)26-12-24(28)23(11-25(26)29)22-5-4-6-34(18-22)27-30-13-21(14-31-27)17-33-7-9-36-10-8-33/h5,11-14,19-20H,4,6-10,15-18,29H2,1-3H3/t19-,20+. The Labute approximate surface area is 213 Å². The Kier molecular flexibility index (Phi) is 7.41. The molecule has 2 atom stereocenters. The fraction of sp³-hybridized carbons (Fsp3) is 0.556. The molecule has 194 valence electrons. The number of aromatic nitrogens is 2. The van der Waals surface area contributed by atoms with Gasteiger partial charge < -0.3 is 20.3 Å². The van der Waals surface area contributed by atoms with Crippen LogP contribution >= 0.6 is 0 Å². The van der Waals surface area contributed by atoms with Crippen LogP contribution in [0.4, 0.5) is 21.7 Å². The monoisotopic (exact) mass is 495 g/mol. The van der Waals surface area contributed by atoms with Gasteiger partial charge in [0, 0.05) is 81.4 Å². The molecule has 2 aromatic rings. The molecule has 36 heavy (non-hydrogen) atoms. The minimum Gasteiger partial charge on any atom is -0.397 e. The van der Waals surface area contributed by atoms with Gasteiger partial charge in [-0.3, -0.25) is 9.80 Å². The molecule has 0 bridgehead atoms. The van der Waals surface area contributed by atoms with Crippen molar-refractivity contribution in [1.29, 1.82) is 0 Å². The van der Waals surface area contributed by atoms with Crippen molar-refractivity contribution < 1.29 is 9.13 Å². The summed E-state index contributed by atoms with van der Waals surface area (Å²) in [5, 5.41) is 0. The van der Waals surface area contributed by atoms with Gasteiger partial charge in [0.25, 0.3) is 0 Å². The first kappa shape index (κ1) is 24.9. The zero-order valence-electron chi connectivity index (χ0n) is 21.7. The summed E-state index contributed by atoms with van der Waals surface area (Å²) >= 11 is 0. The normalized spacial score (nSPS) is 24.2. The number of nitrogen functional groups attached to an aromatic ring is 1. The van der Waals surface area contributed by atoms with Crippen LogP contribution in [-0.2, 0) is 11.3 Å². The number of benzene rings is 1. The van der Waals surface area contributed by atoms with Gasteiger partial charge in [-0.1, -0.05) is 6.08 Å². The maximum atomic E-state index is 15.4. The lowest BCUT2D eigenvalue weighted by atomic mass is 9.98. The second-order valence-electron chi connectivity index (χ2n) is 10.4. The number of ether oxygens (including phenoxy) is 1. The topological polar surface area (TPSA) is 74.0 Å². The van der Waals surface area contributed by atoms with E-state index in [0.717, 1.165) is 75.7 Å². The molecule has 0 radical (unpaired) electrons. The second kappa shape index (κ2) is 10.7. The SMILES string of the molecule is C[C@@H]1CN(c2cc(F)c(C3=CCCN(c4ncc(CN5CCOCC5)cn4)C3)cc2N)C[C@H](C)N1C. The Hall–Kier alpha value is -2.75. The van der Waals surface area contributed by atoms with Gasteiger partial charge in [-0.2, -0.15) is 0 Å². The average Bonchev–Trinajstić information content (AvgIpc) is 2.89. The van der Waals surface area contributed by atoms with Gasteiger partial charge in [-0.25, -0.2) is 14.4 Å². The third-order valence-corrected chi connectivity index (χ3v) is 7.80. The molecule has 4 heterocycles. The largest absolute Gasteiger partial charge is 0.397 e. The van der Waals surface area contributed by atoms with E-state index in [1.807, 2.05) is 12.4 Å². The molecule has 8 nitrogen and oxygen atoms in total.